The van der Waals surface area contributed by atoms with Gasteiger partial charge in [-0.05, 0) is 38.1 Å². The fourth-order valence-electron chi connectivity index (χ4n) is 2.06. The molecule has 0 heterocycles. The van der Waals surface area contributed by atoms with Gasteiger partial charge in [-0.3, -0.25) is 0 Å². The molecular weight excluding hydrogens is 368 g/mol. The molecule has 0 saturated heterocycles. The number of benzene rings is 2. The lowest BCUT2D eigenvalue weighted by Crippen LogP contribution is -2.26. The lowest BCUT2D eigenvalue weighted by atomic mass is 10.2. The summed E-state index contributed by atoms with van der Waals surface area (Å²) in [6, 6.07) is 17.6. The second kappa shape index (κ2) is 15.8. The molecule has 0 aliphatic carbocycles. The Bertz CT molecular complexity index is 698. The van der Waals surface area contributed by atoms with Crippen molar-refractivity contribution in [2.24, 2.45) is 0 Å². The van der Waals surface area contributed by atoms with Gasteiger partial charge in [-0.1, -0.05) is 36.4 Å². The maximum Gasteiger partial charge on any atom is 0.338 e. The predicted octanol–water partition coefficient (Wildman–Crippen LogP) is 5.10. The smallest absolute Gasteiger partial charge is 0.338 e. The van der Waals surface area contributed by atoms with E-state index in [2.05, 4.69) is 26.3 Å². The first kappa shape index (κ1) is 25.8. The quantitative estimate of drug-likeness (QED) is 0.457. The molecule has 2 aromatic carbocycles. The molecule has 156 valence electrons. The lowest BCUT2D eigenvalue weighted by Gasteiger charge is -2.17. The minimum Gasteiger partial charge on any atom is -0.459 e. The van der Waals surface area contributed by atoms with E-state index >= 15 is 0 Å². The summed E-state index contributed by atoms with van der Waals surface area (Å²) in [6.45, 7) is 15.9. The van der Waals surface area contributed by atoms with Crippen LogP contribution in [-0.2, 0) is 14.2 Å². The molecule has 0 fully saturated rings. The van der Waals surface area contributed by atoms with E-state index in [1.165, 1.54) is 0 Å². The first-order valence-corrected chi connectivity index (χ1v) is 9.16. The third kappa shape index (κ3) is 10.7. The van der Waals surface area contributed by atoms with Crippen LogP contribution in [-0.4, -0.2) is 37.4 Å². The van der Waals surface area contributed by atoms with Gasteiger partial charge in [0.2, 0.25) is 0 Å². The molecule has 0 bridgehead atoms. The van der Waals surface area contributed by atoms with Crippen LogP contribution in [0.1, 0.15) is 34.6 Å². The van der Waals surface area contributed by atoms with E-state index in [0.29, 0.717) is 11.1 Å². The van der Waals surface area contributed by atoms with Gasteiger partial charge in [-0.2, -0.15) is 0 Å². The molecule has 0 N–H and O–H groups in total. The Morgan fingerprint density at radius 1 is 0.724 bits per heavy atom. The zero-order valence-electron chi connectivity index (χ0n) is 17.2. The van der Waals surface area contributed by atoms with Crippen molar-refractivity contribution in [3.8, 4) is 0 Å². The highest BCUT2D eigenvalue weighted by atomic mass is 16.6. The zero-order chi connectivity index (χ0) is 22.1. The van der Waals surface area contributed by atoms with Crippen molar-refractivity contribution in [1.29, 1.82) is 0 Å². The minimum absolute atomic E-state index is 0.132. The van der Waals surface area contributed by atoms with E-state index < -0.39 is 6.10 Å². The summed E-state index contributed by atoms with van der Waals surface area (Å²) in [7, 11) is 0. The first-order chi connectivity index (χ1) is 14.1. The van der Waals surface area contributed by atoms with E-state index in [1.807, 2.05) is 12.1 Å². The molecule has 2 atom stereocenters. The fraction of sp³-hybridized carbons (Fsp3) is 0.250. The molecule has 0 saturated carbocycles. The lowest BCUT2D eigenvalue weighted by molar-refractivity contribution is -0.0379. The van der Waals surface area contributed by atoms with Gasteiger partial charge in [0.25, 0.3) is 0 Å². The van der Waals surface area contributed by atoms with Crippen LogP contribution in [0.5, 0.6) is 0 Å². The second-order valence-corrected chi connectivity index (χ2v) is 5.69. The van der Waals surface area contributed by atoms with Crippen molar-refractivity contribution in [3.05, 3.63) is 98.1 Å². The largest absolute Gasteiger partial charge is 0.459 e. The van der Waals surface area contributed by atoms with Crippen molar-refractivity contribution < 1.29 is 23.8 Å². The van der Waals surface area contributed by atoms with Gasteiger partial charge < -0.3 is 14.2 Å². The summed E-state index contributed by atoms with van der Waals surface area (Å²) >= 11 is 0. The minimum atomic E-state index is -0.403. The number of carbonyl (C=O) groups is 2. The van der Waals surface area contributed by atoms with Crippen molar-refractivity contribution >= 4 is 11.9 Å². The van der Waals surface area contributed by atoms with Crippen molar-refractivity contribution in [3.63, 3.8) is 0 Å². The van der Waals surface area contributed by atoms with Crippen molar-refractivity contribution in [1.82, 2.24) is 0 Å². The number of carbonyl (C=O) groups excluding carboxylic acids is 2. The number of rotatable bonds is 8. The first-order valence-electron chi connectivity index (χ1n) is 9.16. The van der Waals surface area contributed by atoms with Crippen LogP contribution in [0.4, 0.5) is 0 Å². The van der Waals surface area contributed by atoms with E-state index in [0.717, 1.165) is 0 Å². The number of hydrogen-bond donors (Lipinski definition) is 0. The summed E-state index contributed by atoms with van der Waals surface area (Å²) in [5, 5.41) is 0. The van der Waals surface area contributed by atoms with Gasteiger partial charge in [0, 0.05) is 0 Å². The Morgan fingerprint density at radius 3 is 1.66 bits per heavy atom. The topological polar surface area (TPSA) is 61.8 Å². The summed E-state index contributed by atoms with van der Waals surface area (Å²) in [5.41, 5.74) is 0.999. The van der Waals surface area contributed by atoms with Crippen LogP contribution in [0.25, 0.3) is 0 Å². The molecule has 5 heteroatoms. The molecule has 0 radical (unpaired) electrons. The highest BCUT2D eigenvalue weighted by molar-refractivity contribution is 5.89. The van der Waals surface area contributed by atoms with Crippen LogP contribution >= 0.6 is 0 Å². The van der Waals surface area contributed by atoms with Crippen LogP contribution in [0.15, 0.2) is 87.0 Å². The van der Waals surface area contributed by atoms with E-state index in [9.17, 15) is 9.59 Å². The number of esters is 2. The molecule has 29 heavy (non-hydrogen) atoms. The van der Waals surface area contributed by atoms with E-state index in [4.69, 9.17) is 14.2 Å². The highest BCUT2D eigenvalue weighted by Gasteiger charge is 2.14. The predicted molar refractivity (Wildman–Crippen MR) is 116 cm³/mol. The summed E-state index contributed by atoms with van der Waals surface area (Å²) in [5.74, 6) is -0.778. The Hall–Kier alpha value is -3.18. The Balaban J connectivity index is 0.00000184. The van der Waals surface area contributed by atoms with E-state index in [-0.39, 0.29) is 31.3 Å². The molecule has 5 nitrogen and oxygen atoms in total. The van der Waals surface area contributed by atoms with Crippen LogP contribution in [0, 0.1) is 0 Å². The normalized spacial score (nSPS) is 11.4. The summed E-state index contributed by atoms with van der Waals surface area (Å²) in [6.07, 6.45) is -0.703. The molecule has 0 aliphatic rings. The molecule has 2 rings (SSSR count). The molecule has 0 aliphatic heterocycles. The Morgan fingerprint density at radius 2 is 1.17 bits per heavy atom. The molecule has 0 amide bonds. The monoisotopic (exact) mass is 398 g/mol. The average molecular weight is 398 g/mol. The number of hydrogen-bond acceptors (Lipinski definition) is 5. The van der Waals surface area contributed by atoms with Crippen LogP contribution in [0.2, 0.25) is 0 Å². The third-order valence-corrected chi connectivity index (χ3v) is 3.39. The molecular formula is C24H30O5. The highest BCUT2D eigenvalue weighted by Crippen LogP contribution is 2.06. The summed E-state index contributed by atoms with van der Waals surface area (Å²) in [4.78, 5) is 23.8. The Labute approximate surface area is 173 Å². The Kier molecular flexibility index (Phi) is 14.1. The van der Waals surface area contributed by atoms with Gasteiger partial charge in [0.05, 0.1) is 23.8 Å². The molecule has 0 aromatic heterocycles. The molecule has 0 spiro atoms. The van der Waals surface area contributed by atoms with Gasteiger partial charge in [0.1, 0.15) is 12.7 Å². The maximum absolute atomic E-state index is 11.9. The zero-order valence-corrected chi connectivity index (χ0v) is 17.2. The molecule has 2 unspecified atom stereocenters. The fourth-order valence-corrected chi connectivity index (χ4v) is 2.06. The van der Waals surface area contributed by atoms with E-state index in [1.54, 1.807) is 62.4 Å². The van der Waals surface area contributed by atoms with Crippen LogP contribution in [0.3, 0.4) is 0 Å². The summed E-state index contributed by atoms with van der Waals surface area (Å²) < 4.78 is 16.1. The van der Waals surface area contributed by atoms with Crippen LogP contribution < -0.4 is 0 Å². The van der Waals surface area contributed by atoms with Gasteiger partial charge in [-0.25, -0.2) is 9.59 Å². The van der Waals surface area contributed by atoms with Gasteiger partial charge in [0.15, 0.2) is 0 Å². The second-order valence-electron chi connectivity index (χ2n) is 5.69. The third-order valence-electron chi connectivity index (χ3n) is 3.39. The SMILES string of the molecule is C=C.C=C.CC(COC(=O)c1ccccc1)OCC(C)OC(=O)c1ccccc1. The van der Waals surface area contributed by atoms with Crippen molar-refractivity contribution in [2.45, 2.75) is 26.1 Å². The maximum atomic E-state index is 11.9. The molecule has 2 aromatic rings. The number of ether oxygens (including phenoxy) is 3. The average Bonchev–Trinajstić information content (AvgIpc) is 2.80. The van der Waals surface area contributed by atoms with Crippen molar-refractivity contribution in [2.75, 3.05) is 13.2 Å². The van der Waals surface area contributed by atoms with Gasteiger partial charge >= 0.3 is 11.9 Å². The van der Waals surface area contributed by atoms with Gasteiger partial charge in [-0.15, -0.1) is 26.3 Å². The standard InChI is InChI=1S/C20H22O5.2C2H4/c1-15(13-24-19(21)17-9-5-3-6-10-17)23-14-16(2)25-20(22)18-11-7-4-8-12-18;2*1-2/h3-12,15-16H,13-14H2,1-2H3;2*1-2H2.